The van der Waals surface area contributed by atoms with E-state index in [2.05, 4.69) is 16.7 Å². The fraction of sp³-hybridized carbons (Fsp3) is 1.00. The van der Waals surface area contributed by atoms with Crippen molar-refractivity contribution in [3.63, 3.8) is 0 Å². The van der Waals surface area contributed by atoms with Crippen molar-refractivity contribution in [1.82, 2.24) is 4.90 Å². The van der Waals surface area contributed by atoms with Crippen molar-refractivity contribution in [1.29, 1.82) is 0 Å². The first kappa shape index (κ1) is 14.2. The fourth-order valence-electron chi connectivity index (χ4n) is 4.08. The van der Waals surface area contributed by atoms with E-state index in [9.17, 15) is 0 Å². The van der Waals surface area contributed by atoms with Gasteiger partial charge in [-0.25, -0.2) is 0 Å². The van der Waals surface area contributed by atoms with Crippen LogP contribution in [0.4, 0.5) is 0 Å². The third-order valence-corrected chi connectivity index (χ3v) is 6.40. The molecule has 3 rings (SSSR count). The molecule has 4 heteroatoms. The summed E-state index contributed by atoms with van der Waals surface area (Å²) in [5, 5.41) is 0. The lowest BCUT2D eigenvalue weighted by Gasteiger charge is -2.45. The summed E-state index contributed by atoms with van der Waals surface area (Å²) in [6, 6.07) is 0.771. The zero-order chi connectivity index (χ0) is 13.1. The molecule has 19 heavy (non-hydrogen) atoms. The highest BCUT2D eigenvalue weighted by atomic mass is 32.2. The Kier molecular flexibility index (Phi) is 4.73. The predicted molar refractivity (Wildman–Crippen MR) is 81.6 cm³/mol. The summed E-state index contributed by atoms with van der Waals surface area (Å²) in [6.07, 6.45) is 7.74. The lowest BCUT2D eigenvalue weighted by molar-refractivity contribution is -0.0940. The van der Waals surface area contributed by atoms with Crippen LogP contribution in [0.15, 0.2) is 0 Å². The highest BCUT2D eigenvalue weighted by Gasteiger charge is 2.42. The number of likely N-dealkylation sites (tertiary alicyclic amines) is 1. The summed E-state index contributed by atoms with van der Waals surface area (Å²) >= 11 is 2.08. The SMILES string of the molecule is NCCC1CCCN(C2CCOC3(CCSC3)C2)C1. The Morgan fingerprint density at radius 2 is 2.32 bits per heavy atom. The van der Waals surface area contributed by atoms with Crippen LogP contribution in [0.3, 0.4) is 0 Å². The molecule has 1 spiro atoms. The molecule has 0 aliphatic carbocycles. The molecule has 0 amide bonds. The molecule has 0 aromatic rings. The predicted octanol–water partition coefficient (Wildman–Crippen LogP) is 2.10. The summed E-state index contributed by atoms with van der Waals surface area (Å²) in [4.78, 5) is 2.76. The van der Waals surface area contributed by atoms with Gasteiger partial charge in [-0.15, -0.1) is 0 Å². The van der Waals surface area contributed by atoms with Crippen LogP contribution in [-0.4, -0.2) is 54.3 Å². The molecule has 3 unspecified atom stereocenters. The minimum Gasteiger partial charge on any atom is -0.374 e. The van der Waals surface area contributed by atoms with E-state index in [-0.39, 0.29) is 5.60 Å². The normalized spacial score (nSPS) is 40.9. The average Bonchev–Trinajstić information content (AvgIpc) is 2.87. The number of rotatable bonds is 3. The summed E-state index contributed by atoms with van der Waals surface area (Å²) in [5.41, 5.74) is 5.97. The van der Waals surface area contributed by atoms with E-state index >= 15 is 0 Å². The van der Waals surface area contributed by atoms with Crippen molar-refractivity contribution in [3.05, 3.63) is 0 Å². The second kappa shape index (κ2) is 6.33. The monoisotopic (exact) mass is 284 g/mol. The van der Waals surface area contributed by atoms with E-state index in [1.807, 2.05) is 0 Å². The molecule has 0 aromatic heterocycles. The van der Waals surface area contributed by atoms with Crippen LogP contribution in [-0.2, 0) is 4.74 Å². The molecule has 0 radical (unpaired) electrons. The Morgan fingerprint density at radius 3 is 3.11 bits per heavy atom. The van der Waals surface area contributed by atoms with E-state index in [0.717, 1.165) is 25.1 Å². The van der Waals surface area contributed by atoms with Gasteiger partial charge in [0.2, 0.25) is 0 Å². The number of nitrogens with zero attached hydrogens (tertiary/aromatic N) is 1. The van der Waals surface area contributed by atoms with Gasteiger partial charge in [0.05, 0.1) is 5.60 Å². The van der Waals surface area contributed by atoms with Crippen LogP contribution < -0.4 is 5.73 Å². The van der Waals surface area contributed by atoms with Crippen LogP contribution in [0.1, 0.15) is 38.5 Å². The minimum atomic E-state index is 0.231. The third kappa shape index (κ3) is 3.29. The molecule has 3 fully saturated rings. The van der Waals surface area contributed by atoms with Crippen LogP contribution in [0, 0.1) is 5.92 Å². The summed E-state index contributed by atoms with van der Waals surface area (Å²) in [5.74, 6) is 3.36. The maximum atomic E-state index is 6.15. The number of hydrogen-bond acceptors (Lipinski definition) is 4. The van der Waals surface area contributed by atoms with Gasteiger partial charge >= 0.3 is 0 Å². The van der Waals surface area contributed by atoms with Crippen LogP contribution >= 0.6 is 11.8 Å². The van der Waals surface area contributed by atoms with E-state index < -0.39 is 0 Å². The average molecular weight is 284 g/mol. The van der Waals surface area contributed by atoms with Gasteiger partial charge in [-0.2, -0.15) is 11.8 Å². The number of nitrogens with two attached hydrogens (primary N) is 1. The van der Waals surface area contributed by atoms with Gasteiger partial charge in [0.1, 0.15) is 0 Å². The Hall–Kier alpha value is 0.230. The molecule has 3 nitrogen and oxygen atoms in total. The molecule has 110 valence electrons. The molecule has 3 saturated heterocycles. The molecule has 3 atom stereocenters. The molecule has 3 heterocycles. The smallest absolute Gasteiger partial charge is 0.0795 e. The lowest BCUT2D eigenvalue weighted by atomic mass is 9.86. The van der Waals surface area contributed by atoms with E-state index in [1.165, 1.54) is 63.1 Å². The van der Waals surface area contributed by atoms with Gasteiger partial charge in [-0.1, -0.05) is 0 Å². The van der Waals surface area contributed by atoms with Crippen LogP contribution in [0.25, 0.3) is 0 Å². The van der Waals surface area contributed by atoms with Gasteiger partial charge in [0.25, 0.3) is 0 Å². The third-order valence-electron chi connectivity index (χ3n) is 5.18. The first-order valence-electron chi connectivity index (χ1n) is 7.97. The second-order valence-electron chi connectivity index (χ2n) is 6.56. The molecule has 2 N–H and O–H groups in total. The first-order valence-corrected chi connectivity index (χ1v) is 9.13. The Balaban J connectivity index is 1.58. The van der Waals surface area contributed by atoms with Crippen molar-refractivity contribution < 1.29 is 4.74 Å². The molecule has 0 bridgehead atoms. The van der Waals surface area contributed by atoms with Crippen molar-refractivity contribution in [3.8, 4) is 0 Å². The number of hydrogen-bond donors (Lipinski definition) is 1. The maximum absolute atomic E-state index is 6.15. The van der Waals surface area contributed by atoms with Gasteiger partial charge in [0.15, 0.2) is 0 Å². The standard InChI is InChI=1S/C15H28N2OS/c16-6-3-13-2-1-7-17(11-13)14-4-8-18-15(10-14)5-9-19-12-15/h13-14H,1-12,16H2. The van der Waals surface area contributed by atoms with Gasteiger partial charge in [-0.05, 0) is 63.3 Å². The highest BCUT2D eigenvalue weighted by Crippen LogP contribution is 2.40. The van der Waals surface area contributed by atoms with Crippen molar-refractivity contribution in [2.75, 3.05) is 37.7 Å². The van der Waals surface area contributed by atoms with Gasteiger partial charge in [-0.3, -0.25) is 4.90 Å². The van der Waals surface area contributed by atoms with Crippen molar-refractivity contribution in [2.24, 2.45) is 11.7 Å². The van der Waals surface area contributed by atoms with Crippen molar-refractivity contribution in [2.45, 2.75) is 50.2 Å². The van der Waals surface area contributed by atoms with Crippen molar-refractivity contribution >= 4 is 11.8 Å². The fourth-order valence-corrected chi connectivity index (χ4v) is 5.46. The number of piperidine rings is 1. The Labute approximate surface area is 121 Å². The lowest BCUT2D eigenvalue weighted by Crippen LogP contribution is -2.51. The van der Waals surface area contributed by atoms with Crippen LogP contribution in [0.2, 0.25) is 0 Å². The summed E-state index contributed by atoms with van der Waals surface area (Å²) < 4.78 is 6.15. The molecular formula is C15H28N2OS. The molecule has 3 aliphatic heterocycles. The van der Waals surface area contributed by atoms with E-state index in [1.54, 1.807) is 0 Å². The van der Waals surface area contributed by atoms with Gasteiger partial charge in [0, 0.05) is 24.9 Å². The number of ether oxygens (including phenoxy) is 1. The molecule has 0 saturated carbocycles. The Bertz CT molecular complexity index is 292. The second-order valence-corrected chi connectivity index (χ2v) is 7.67. The summed E-state index contributed by atoms with van der Waals surface area (Å²) in [6.45, 7) is 4.41. The van der Waals surface area contributed by atoms with Gasteiger partial charge < -0.3 is 10.5 Å². The zero-order valence-electron chi connectivity index (χ0n) is 12.0. The topological polar surface area (TPSA) is 38.5 Å². The minimum absolute atomic E-state index is 0.231. The molecule has 0 aromatic carbocycles. The molecule has 3 aliphatic rings. The first-order chi connectivity index (χ1) is 9.31. The van der Waals surface area contributed by atoms with E-state index in [0.29, 0.717) is 0 Å². The van der Waals surface area contributed by atoms with E-state index in [4.69, 9.17) is 10.5 Å². The largest absolute Gasteiger partial charge is 0.374 e. The Morgan fingerprint density at radius 1 is 1.37 bits per heavy atom. The zero-order valence-corrected chi connectivity index (χ0v) is 12.8. The maximum Gasteiger partial charge on any atom is 0.0795 e. The van der Waals surface area contributed by atoms with Crippen LogP contribution in [0.5, 0.6) is 0 Å². The summed E-state index contributed by atoms with van der Waals surface area (Å²) in [7, 11) is 0. The highest BCUT2D eigenvalue weighted by molar-refractivity contribution is 7.99. The quantitative estimate of drug-likeness (QED) is 0.861. The molecular weight excluding hydrogens is 256 g/mol. The number of thioether (sulfide) groups is 1.